The van der Waals surface area contributed by atoms with E-state index in [2.05, 4.69) is 10.0 Å². The summed E-state index contributed by atoms with van der Waals surface area (Å²) in [4.78, 5) is 12.2. The van der Waals surface area contributed by atoms with Crippen LogP contribution in [0, 0.1) is 6.92 Å². The zero-order valence-corrected chi connectivity index (χ0v) is 17.9. The van der Waals surface area contributed by atoms with E-state index in [0.29, 0.717) is 5.75 Å². The van der Waals surface area contributed by atoms with Crippen LogP contribution in [0.2, 0.25) is 0 Å². The number of nitrogens with one attached hydrogen (secondary N) is 2. The number of hydrogen-bond acceptors (Lipinski definition) is 4. The molecular formula is C23H24N2O4S. The molecule has 0 aromatic heterocycles. The van der Waals surface area contributed by atoms with Crippen molar-refractivity contribution in [2.75, 3.05) is 14.2 Å². The number of carbonyl (C=O) groups excluding carboxylic acids is 1. The van der Waals surface area contributed by atoms with E-state index in [1.807, 2.05) is 61.5 Å². The van der Waals surface area contributed by atoms with Gasteiger partial charge in [0.05, 0.1) is 23.6 Å². The Morgan fingerprint density at radius 1 is 0.967 bits per heavy atom. The Hall–Kier alpha value is -3.16. The maximum absolute atomic E-state index is 13.3. The van der Waals surface area contributed by atoms with Crippen molar-refractivity contribution in [3.8, 4) is 5.75 Å². The van der Waals surface area contributed by atoms with Crippen molar-refractivity contribution in [2.45, 2.75) is 17.9 Å². The molecule has 0 spiro atoms. The van der Waals surface area contributed by atoms with Crippen molar-refractivity contribution in [3.63, 3.8) is 0 Å². The van der Waals surface area contributed by atoms with Gasteiger partial charge < -0.3 is 10.1 Å². The Balaban J connectivity index is 2.06. The number of carbonyl (C=O) groups is 1. The summed E-state index contributed by atoms with van der Waals surface area (Å²) < 4.78 is 34.6. The Labute approximate surface area is 177 Å². The molecule has 1 amide bonds. The highest BCUT2D eigenvalue weighted by Crippen LogP contribution is 2.28. The van der Waals surface area contributed by atoms with Gasteiger partial charge in [0.1, 0.15) is 5.75 Å². The molecular weight excluding hydrogens is 400 g/mol. The predicted molar refractivity (Wildman–Crippen MR) is 116 cm³/mol. The second-order valence-electron chi connectivity index (χ2n) is 6.76. The summed E-state index contributed by atoms with van der Waals surface area (Å²) in [6.45, 7) is 1.94. The number of amides is 1. The summed E-state index contributed by atoms with van der Waals surface area (Å²) in [5, 5.41) is 2.50. The van der Waals surface area contributed by atoms with Gasteiger partial charge in [-0.3, -0.25) is 4.79 Å². The highest BCUT2D eigenvalue weighted by atomic mass is 32.2. The van der Waals surface area contributed by atoms with Gasteiger partial charge in [-0.05, 0) is 41.8 Å². The third kappa shape index (κ3) is 4.53. The molecule has 0 aliphatic rings. The fourth-order valence-corrected chi connectivity index (χ4v) is 4.49. The summed E-state index contributed by atoms with van der Waals surface area (Å²) in [6, 6.07) is 20.6. The van der Waals surface area contributed by atoms with Crippen LogP contribution in [0.1, 0.15) is 33.1 Å². The summed E-state index contributed by atoms with van der Waals surface area (Å²) in [5.74, 6) is -0.130. The van der Waals surface area contributed by atoms with Crippen molar-refractivity contribution in [2.24, 2.45) is 0 Å². The van der Waals surface area contributed by atoms with Crippen molar-refractivity contribution < 1.29 is 17.9 Å². The van der Waals surface area contributed by atoms with Crippen molar-refractivity contribution in [3.05, 3.63) is 95.1 Å². The van der Waals surface area contributed by atoms with Crippen LogP contribution in [0.3, 0.4) is 0 Å². The summed E-state index contributed by atoms with van der Waals surface area (Å²) >= 11 is 0. The fraction of sp³-hybridized carbons (Fsp3) is 0.174. The molecule has 156 valence electrons. The minimum atomic E-state index is -3.95. The monoisotopic (exact) mass is 424 g/mol. The van der Waals surface area contributed by atoms with Crippen LogP contribution in [0.5, 0.6) is 5.75 Å². The summed E-state index contributed by atoms with van der Waals surface area (Å²) in [6.07, 6.45) is 0. The first kappa shape index (κ1) is 21.5. The zero-order valence-electron chi connectivity index (χ0n) is 17.0. The Morgan fingerprint density at radius 2 is 1.63 bits per heavy atom. The number of rotatable bonds is 7. The van der Waals surface area contributed by atoms with Gasteiger partial charge in [0.2, 0.25) is 10.0 Å². The molecule has 0 saturated carbocycles. The molecule has 6 nitrogen and oxygen atoms in total. The van der Waals surface area contributed by atoms with Gasteiger partial charge in [0.15, 0.2) is 0 Å². The van der Waals surface area contributed by atoms with Crippen molar-refractivity contribution >= 4 is 15.9 Å². The van der Waals surface area contributed by atoms with E-state index in [4.69, 9.17) is 4.74 Å². The van der Waals surface area contributed by atoms with Gasteiger partial charge in [-0.1, -0.05) is 54.6 Å². The molecule has 0 aliphatic heterocycles. The lowest BCUT2D eigenvalue weighted by molar-refractivity contribution is 0.0960. The summed E-state index contributed by atoms with van der Waals surface area (Å²) in [7, 11) is -1.04. The van der Waals surface area contributed by atoms with Gasteiger partial charge in [-0.25, -0.2) is 8.42 Å². The van der Waals surface area contributed by atoms with E-state index < -0.39 is 22.0 Å². The maximum atomic E-state index is 13.3. The fourth-order valence-electron chi connectivity index (χ4n) is 3.26. The molecule has 1 atom stereocenters. The number of methoxy groups -OCH3 is 1. The maximum Gasteiger partial charge on any atom is 0.254 e. The quantitative estimate of drug-likeness (QED) is 0.609. The second-order valence-corrected chi connectivity index (χ2v) is 8.48. The Morgan fingerprint density at radius 3 is 2.27 bits per heavy atom. The van der Waals surface area contributed by atoms with E-state index in [9.17, 15) is 13.2 Å². The third-order valence-electron chi connectivity index (χ3n) is 4.86. The van der Waals surface area contributed by atoms with Crippen molar-refractivity contribution in [1.82, 2.24) is 10.0 Å². The van der Waals surface area contributed by atoms with E-state index in [1.54, 1.807) is 0 Å². The molecule has 1 unspecified atom stereocenters. The molecule has 7 heteroatoms. The van der Waals surface area contributed by atoms with Gasteiger partial charge in [0.25, 0.3) is 5.91 Å². The second kappa shape index (κ2) is 9.11. The molecule has 0 heterocycles. The predicted octanol–water partition coefficient (Wildman–Crippen LogP) is 3.43. The molecule has 0 radical (unpaired) electrons. The SMILES string of the molecule is CNC(=O)c1cc(S(=O)(=O)NC(c2ccccc2)c2ccccc2C)ccc1OC. The Bertz CT molecular complexity index is 1140. The number of hydrogen-bond donors (Lipinski definition) is 2. The van der Waals surface area contributed by atoms with E-state index in [0.717, 1.165) is 16.7 Å². The zero-order chi connectivity index (χ0) is 21.7. The number of benzene rings is 3. The van der Waals surface area contributed by atoms with Crippen LogP contribution in [0.15, 0.2) is 77.7 Å². The van der Waals surface area contributed by atoms with Crippen LogP contribution in [0.4, 0.5) is 0 Å². The van der Waals surface area contributed by atoms with Gasteiger partial charge in [-0.2, -0.15) is 4.72 Å². The first-order chi connectivity index (χ1) is 14.4. The van der Waals surface area contributed by atoms with Gasteiger partial charge in [0, 0.05) is 7.05 Å². The molecule has 3 aromatic carbocycles. The minimum absolute atomic E-state index is 0.0172. The lowest BCUT2D eigenvalue weighted by atomic mass is 9.96. The normalized spacial score (nSPS) is 12.2. The summed E-state index contributed by atoms with van der Waals surface area (Å²) in [5.41, 5.74) is 2.78. The molecule has 3 aromatic rings. The minimum Gasteiger partial charge on any atom is -0.496 e. The smallest absolute Gasteiger partial charge is 0.254 e. The van der Waals surface area contributed by atoms with Crippen LogP contribution >= 0.6 is 0 Å². The average molecular weight is 425 g/mol. The largest absolute Gasteiger partial charge is 0.496 e. The topological polar surface area (TPSA) is 84.5 Å². The lowest BCUT2D eigenvalue weighted by Gasteiger charge is -2.22. The van der Waals surface area contributed by atoms with E-state index in [-0.39, 0.29) is 10.5 Å². The highest BCUT2D eigenvalue weighted by Gasteiger charge is 2.25. The lowest BCUT2D eigenvalue weighted by Crippen LogP contribution is -2.30. The van der Waals surface area contributed by atoms with Crippen LogP contribution in [0.25, 0.3) is 0 Å². The molecule has 0 bridgehead atoms. The van der Waals surface area contributed by atoms with Crippen molar-refractivity contribution in [1.29, 1.82) is 0 Å². The van der Waals surface area contributed by atoms with Crippen LogP contribution in [-0.4, -0.2) is 28.5 Å². The first-order valence-corrected chi connectivity index (χ1v) is 10.9. The highest BCUT2D eigenvalue weighted by molar-refractivity contribution is 7.89. The molecule has 2 N–H and O–H groups in total. The molecule has 3 rings (SSSR count). The average Bonchev–Trinajstić information content (AvgIpc) is 2.77. The van der Waals surface area contributed by atoms with E-state index in [1.165, 1.54) is 32.4 Å². The van der Waals surface area contributed by atoms with Gasteiger partial charge in [-0.15, -0.1) is 0 Å². The standard InChI is InChI=1S/C23H24N2O4S/c1-16-9-7-8-12-19(16)22(17-10-5-4-6-11-17)25-30(27,28)18-13-14-21(29-3)20(15-18)23(26)24-2/h4-15,22,25H,1-3H3,(H,24,26). The molecule has 0 fully saturated rings. The van der Waals surface area contributed by atoms with Crippen LogP contribution in [-0.2, 0) is 10.0 Å². The van der Waals surface area contributed by atoms with E-state index >= 15 is 0 Å². The van der Waals surface area contributed by atoms with Crippen LogP contribution < -0.4 is 14.8 Å². The number of ether oxygens (including phenoxy) is 1. The number of sulfonamides is 1. The molecule has 30 heavy (non-hydrogen) atoms. The third-order valence-corrected chi connectivity index (χ3v) is 6.28. The van der Waals surface area contributed by atoms with Gasteiger partial charge >= 0.3 is 0 Å². The number of aryl methyl sites for hydroxylation is 1. The molecule has 0 aliphatic carbocycles. The first-order valence-electron chi connectivity index (χ1n) is 9.40. The Kier molecular flexibility index (Phi) is 6.54. The molecule has 0 saturated heterocycles.